The van der Waals surface area contributed by atoms with Gasteiger partial charge in [-0.3, -0.25) is 4.79 Å². The molecule has 2 aliphatic rings. The Labute approximate surface area is 133 Å². The molecule has 1 aliphatic heterocycles. The Morgan fingerprint density at radius 3 is 2.50 bits per heavy atom. The van der Waals surface area contributed by atoms with Crippen molar-refractivity contribution >= 4 is 5.91 Å². The van der Waals surface area contributed by atoms with E-state index in [0.717, 1.165) is 25.4 Å². The first-order chi connectivity index (χ1) is 10.7. The lowest BCUT2D eigenvalue weighted by atomic mass is 9.93. The summed E-state index contributed by atoms with van der Waals surface area (Å²) in [6.45, 7) is 4.33. The first kappa shape index (κ1) is 15.5. The lowest BCUT2D eigenvalue weighted by molar-refractivity contribution is -0.122. The van der Waals surface area contributed by atoms with Crippen LogP contribution in [0.3, 0.4) is 0 Å². The van der Waals surface area contributed by atoms with Gasteiger partial charge in [-0.1, -0.05) is 29.8 Å². The summed E-state index contributed by atoms with van der Waals surface area (Å²) in [5, 5.41) is 6.68. The molecule has 3 heteroatoms. The first-order valence-electron chi connectivity index (χ1n) is 8.79. The molecule has 1 saturated carbocycles. The average molecular weight is 300 g/mol. The molecule has 3 rings (SSSR count). The summed E-state index contributed by atoms with van der Waals surface area (Å²) in [6, 6.07) is 8.86. The largest absolute Gasteiger partial charge is 0.349 e. The molecule has 1 atom stereocenters. The summed E-state index contributed by atoms with van der Waals surface area (Å²) < 4.78 is 0. The minimum atomic E-state index is 0.223. The topological polar surface area (TPSA) is 41.1 Å². The Kier molecular flexibility index (Phi) is 5.14. The fraction of sp³-hybridized carbons (Fsp3) is 0.632. The Bertz CT molecular complexity index is 487. The van der Waals surface area contributed by atoms with Crippen LogP contribution in [0.5, 0.6) is 0 Å². The normalized spacial score (nSPS) is 20.6. The van der Waals surface area contributed by atoms with E-state index in [-0.39, 0.29) is 11.9 Å². The number of nitrogens with one attached hydrogen (secondary N) is 2. The molecule has 1 saturated heterocycles. The highest BCUT2D eigenvalue weighted by atomic mass is 16.1. The Morgan fingerprint density at radius 1 is 1.18 bits per heavy atom. The van der Waals surface area contributed by atoms with Crippen LogP contribution in [-0.2, 0) is 4.79 Å². The minimum Gasteiger partial charge on any atom is -0.349 e. The standard InChI is InChI=1S/C19H28N2O/c1-14-2-5-16(6-3-14)19(17-7-8-17)21-18(22)9-4-15-10-12-20-13-11-15/h2-3,5-6,15,17,19-20H,4,7-13H2,1H3,(H,21,22). The quantitative estimate of drug-likeness (QED) is 0.846. The Morgan fingerprint density at radius 2 is 1.86 bits per heavy atom. The van der Waals surface area contributed by atoms with E-state index in [2.05, 4.69) is 41.8 Å². The van der Waals surface area contributed by atoms with Gasteiger partial charge < -0.3 is 10.6 Å². The van der Waals surface area contributed by atoms with Crippen LogP contribution in [0, 0.1) is 18.8 Å². The van der Waals surface area contributed by atoms with Crippen LogP contribution >= 0.6 is 0 Å². The molecule has 120 valence electrons. The number of rotatable bonds is 6. The van der Waals surface area contributed by atoms with Crippen molar-refractivity contribution in [3.05, 3.63) is 35.4 Å². The highest BCUT2D eigenvalue weighted by molar-refractivity contribution is 5.76. The van der Waals surface area contributed by atoms with Gasteiger partial charge in [0.25, 0.3) is 0 Å². The monoisotopic (exact) mass is 300 g/mol. The second-order valence-electron chi connectivity index (χ2n) is 7.03. The first-order valence-corrected chi connectivity index (χ1v) is 8.79. The predicted molar refractivity (Wildman–Crippen MR) is 89.6 cm³/mol. The molecule has 2 N–H and O–H groups in total. The molecule has 0 bridgehead atoms. The number of carbonyl (C=O) groups excluding carboxylic acids is 1. The highest BCUT2D eigenvalue weighted by Crippen LogP contribution is 2.41. The molecule has 0 spiro atoms. The predicted octanol–water partition coefficient (Wildman–Crippen LogP) is 3.34. The zero-order chi connectivity index (χ0) is 15.4. The van der Waals surface area contributed by atoms with Crippen molar-refractivity contribution in [2.75, 3.05) is 13.1 Å². The number of hydrogen-bond donors (Lipinski definition) is 2. The van der Waals surface area contributed by atoms with Crippen LogP contribution in [0.2, 0.25) is 0 Å². The Hall–Kier alpha value is -1.35. The number of benzene rings is 1. The third kappa shape index (κ3) is 4.33. The molecule has 1 aliphatic carbocycles. The zero-order valence-corrected chi connectivity index (χ0v) is 13.6. The van der Waals surface area contributed by atoms with Crippen LogP contribution in [0.25, 0.3) is 0 Å². The van der Waals surface area contributed by atoms with Crippen molar-refractivity contribution in [1.82, 2.24) is 10.6 Å². The summed E-state index contributed by atoms with van der Waals surface area (Å²) in [7, 11) is 0. The molecule has 1 amide bonds. The lowest BCUT2D eigenvalue weighted by Crippen LogP contribution is -2.31. The van der Waals surface area contributed by atoms with Crippen molar-refractivity contribution in [1.29, 1.82) is 0 Å². The maximum atomic E-state index is 12.3. The van der Waals surface area contributed by atoms with E-state index < -0.39 is 0 Å². The summed E-state index contributed by atoms with van der Waals surface area (Å²) in [5.74, 6) is 1.60. The number of hydrogen-bond acceptors (Lipinski definition) is 2. The molecular formula is C19H28N2O. The van der Waals surface area contributed by atoms with Crippen molar-refractivity contribution < 1.29 is 4.79 Å². The van der Waals surface area contributed by atoms with Gasteiger partial charge in [0.2, 0.25) is 5.91 Å². The summed E-state index contributed by atoms with van der Waals surface area (Å²) in [6.07, 6.45) is 6.65. The van der Waals surface area contributed by atoms with E-state index in [9.17, 15) is 4.79 Å². The SMILES string of the molecule is Cc1ccc(C(NC(=O)CCC2CCNCC2)C2CC2)cc1. The molecular weight excluding hydrogens is 272 g/mol. The third-order valence-electron chi connectivity index (χ3n) is 5.08. The number of amides is 1. The maximum Gasteiger partial charge on any atom is 0.220 e. The van der Waals surface area contributed by atoms with E-state index in [0.29, 0.717) is 12.3 Å². The molecule has 0 aromatic heterocycles. The molecule has 2 fully saturated rings. The summed E-state index contributed by atoms with van der Waals surface area (Å²) >= 11 is 0. The molecule has 0 radical (unpaired) electrons. The van der Waals surface area contributed by atoms with Crippen LogP contribution in [0.4, 0.5) is 0 Å². The van der Waals surface area contributed by atoms with Gasteiger partial charge in [-0.2, -0.15) is 0 Å². The second-order valence-corrected chi connectivity index (χ2v) is 7.03. The lowest BCUT2D eigenvalue weighted by Gasteiger charge is -2.23. The highest BCUT2D eigenvalue weighted by Gasteiger charge is 2.33. The van der Waals surface area contributed by atoms with E-state index in [1.807, 2.05) is 0 Å². The van der Waals surface area contributed by atoms with Gasteiger partial charge in [0, 0.05) is 6.42 Å². The number of piperidine rings is 1. The van der Waals surface area contributed by atoms with Crippen LogP contribution in [-0.4, -0.2) is 19.0 Å². The maximum absolute atomic E-state index is 12.3. The third-order valence-corrected chi connectivity index (χ3v) is 5.08. The van der Waals surface area contributed by atoms with Crippen LogP contribution in [0.1, 0.15) is 55.7 Å². The number of aryl methyl sites for hydroxylation is 1. The van der Waals surface area contributed by atoms with E-state index in [4.69, 9.17) is 0 Å². The van der Waals surface area contributed by atoms with Gasteiger partial charge >= 0.3 is 0 Å². The van der Waals surface area contributed by atoms with Gasteiger partial charge in [-0.15, -0.1) is 0 Å². The fourth-order valence-corrected chi connectivity index (χ4v) is 3.43. The molecule has 1 heterocycles. The van der Waals surface area contributed by atoms with Crippen LogP contribution in [0.15, 0.2) is 24.3 Å². The van der Waals surface area contributed by atoms with Gasteiger partial charge in [0.05, 0.1) is 6.04 Å². The van der Waals surface area contributed by atoms with E-state index in [1.165, 1.54) is 36.8 Å². The second kappa shape index (κ2) is 7.28. The molecule has 1 aromatic rings. The number of carbonyl (C=O) groups is 1. The van der Waals surface area contributed by atoms with Crippen molar-refractivity contribution in [3.63, 3.8) is 0 Å². The smallest absolute Gasteiger partial charge is 0.220 e. The fourth-order valence-electron chi connectivity index (χ4n) is 3.43. The summed E-state index contributed by atoms with van der Waals surface area (Å²) in [4.78, 5) is 12.3. The molecule has 22 heavy (non-hydrogen) atoms. The van der Waals surface area contributed by atoms with Gasteiger partial charge in [-0.05, 0) is 69.5 Å². The molecule has 1 aromatic carbocycles. The minimum absolute atomic E-state index is 0.223. The van der Waals surface area contributed by atoms with Crippen molar-refractivity contribution in [2.45, 2.75) is 51.5 Å². The zero-order valence-electron chi connectivity index (χ0n) is 13.6. The van der Waals surface area contributed by atoms with Crippen molar-refractivity contribution in [2.24, 2.45) is 11.8 Å². The van der Waals surface area contributed by atoms with E-state index >= 15 is 0 Å². The van der Waals surface area contributed by atoms with Gasteiger partial charge in [-0.25, -0.2) is 0 Å². The van der Waals surface area contributed by atoms with Gasteiger partial charge in [0.1, 0.15) is 0 Å². The molecule has 1 unspecified atom stereocenters. The Balaban J connectivity index is 1.52. The van der Waals surface area contributed by atoms with E-state index in [1.54, 1.807) is 0 Å². The molecule has 3 nitrogen and oxygen atoms in total. The van der Waals surface area contributed by atoms with Crippen LogP contribution < -0.4 is 10.6 Å². The average Bonchev–Trinajstić information content (AvgIpc) is 3.37. The van der Waals surface area contributed by atoms with Crippen molar-refractivity contribution in [3.8, 4) is 0 Å². The summed E-state index contributed by atoms with van der Waals surface area (Å²) in [5.41, 5.74) is 2.54. The van der Waals surface area contributed by atoms with Gasteiger partial charge in [0.15, 0.2) is 0 Å².